The Hall–Kier alpha value is -5.27. The van der Waals surface area contributed by atoms with Gasteiger partial charge in [-0.05, 0) is 41.2 Å². The summed E-state index contributed by atoms with van der Waals surface area (Å²) >= 11 is 0. The van der Waals surface area contributed by atoms with Crippen LogP contribution in [-0.4, -0.2) is 298 Å². The van der Waals surface area contributed by atoms with Gasteiger partial charge in [0.15, 0.2) is 0 Å². The molecule has 0 bridgehead atoms. The molecular formula is C73H118F2O33. The number of halogens is 2. The maximum absolute atomic E-state index is 13.8. The van der Waals surface area contributed by atoms with Gasteiger partial charge in [0.05, 0.1) is 115 Å². The summed E-state index contributed by atoms with van der Waals surface area (Å²) in [5, 5.41) is 163. The van der Waals surface area contributed by atoms with Crippen molar-refractivity contribution in [1.29, 1.82) is 0 Å². The second kappa shape index (κ2) is 43.7. The number of carbonyl (C=O) groups is 5. The van der Waals surface area contributed by atoms with Gasteiger partial charge in [0.2, 0.25) is 0 Å². The summed E-state index contributed by atoms with van der Waals surface area (Å²) in [7, 11) is 5.05. The standard InChI is InChI=1S/C21H31FO5.C20H30O6.C12H22O7.C10H17FO7.C10H18O8/c1-14-11-21(25-5,20(23)24-4)27-19(15(14)2)16(3)18(12-22)26-13-17-9-7-6-8-10-17;1-13-10-20(23,19(22)24-4)26-18(14(13)2)15(3)17(11-21)25-12-16-8-6-5-7-9-16;1-4-7(13)9(15)10-6(2)8(14)5-12(17,19-10)11(16)18-3;2*1-4-5(12)2-10(17,9(15)16)18-8(4)7(14)6(13)3-11/h6-10,14-16,18-19H,11-13H2,1-5H3;5-9,13-15,17-18,21,23H,10-12H2,1-4H3;6-10,13-15,17H,4-5H2,1-3H3;4-8,12-14,17H,2-3H2,1H3,(H,15,16);4-8,11-14,17H,2-3H2,1H3,(H,15,16)/t14-,15-,16-,18-,19?,21+;13-,14-,15-,17-,18?,20+;6-,7-,8-,9-,10?,12+;2*4-,5-,6-,7-,8?,10+/m11111/s1. The van der Waals surface area contributed by atoms with E-state index in [4.69, 9.17) is 62.7 Å². The lowest BCUT2D eigenvalue weighted by atomic mass is 9.76. The van der Waals surface area contributed by atoms with Crippen LogP contribution in [0.3, 0.4) is 0 Å². The number of carboxylic acids is 2. The summed E-state index contributed by atoms with van der Waals surface area (Å²) in [5.74, 6) is -18.9. The Bertz CT molecular complexity index is 2950. The molecule has 30 atom stereocenters. The third kappa shape index (κ3) is 25.1. The predicted molar refractivity (Wildman–Crippen MR) is 371 cm³/mol. The molecule has 7 rings (SSSR count). The van der Waals surface area contributed by atoms with Crippen LogP contribution in [0.15, 0.2) is 60.7 Å². The molecular weight excluding hydrogens is 1440 g/mol. The van der Waals surface area contributed by atoms with Crippen molar-refractivity contribution in [3.63, 3.8) is 0 Å². The molecule has 5 heterocycles. The van der Waals surface area contributed by atoms with Crippen LogP contribution in [0.25, 0.3) is 0 Å². The van der Waals surface area contributed by atoms with E-state index >= 15 is 0 Å². The molecule has 0 radical (unpaired) electrons. The Kier molecular flexibility index (Phi) is 39.2. The first-order valence-corrected chi connectivity index (χ1v) is 35.7. The number of ether oxygens (including phenoxy) is 11. The molecule has 17 N–H and O–H groups in total. The Morgan fingerprint density at radius 1 is 0.454 bits per heavy atom. The zero-order valence-corrected chi connectivity index (χ0v) is 63.6. The summed E-state index contributed by atoms with van der Waals surface area (Å²) in [4.78, 5) is 57.5. The molecule has 2 aromatic carbocycles. The highest BCUT2D eigenvalue weighted by Gasteiger charge is 2.57. The van der Waals surface area contributed by atoms with E-state index in [1.807, 2.05) is 95.3 Å². The molecule has 5 unspecified atom stereocenters. The van der Waals surface area contributed by atoms with Gasteiger partial charge >= 0.3 is 29.8 Å². The van der Waals surface area contributed by atoms with Crippen LogP contribution in [0.2, 0.25) is 0 Å². The number of aliphatic hydroxyl groups is 15. The van der Waals surface area contributed by atoms with Gasteiger partial charge in [-0.15, -0.1) is 0 Å². The van der Waals surface area contributed by atoms with Gasteiger partial charge in [0.25, 0.3) is 28.9 Å². The van der Waals surface area contributed by atoms with E-state index in [-0.39, 0.29) is 61.4 Å². The molecule has 2 aromatic rings. The minimum absolute atomic E-state index is 0.0498. The number of hydrogen-bond acceptors (Lipinski definition) is 31. The topological polar surface area (TPSA) is 531 Å². The van der Waals surface area contributed by atoms with Gasteiger partial charge in [-0.3, -0.25) is 0 Å². The Morgan fingerprint density at radius 3 is 1.16 bits per heavy atom. The van der Waals surface area contributed by atoms with Crippen molar-refractivity contribution in [2.45, 2.75) is 248 Å². The number of hydrogen-bond donors (Lipinski definition) is 17. The van der Waals surface area contributed by atoms with Crippen molar-refractivity contribution in [3.05, 3.63) is 71.8 Å². The van der Waals surface area contributed by atoms with Crippen molar-refractivity contribution < 1.29 is 172 Å². The lowest BCUT2D eigenvalue weighted by Gasteiger charge is -2.47. The SMILES string of the molecule is CC[C@@H](O)[C@@H](O)C1O[C@](O)(C(=O)OC)C[C@@H](O)[C@H]1C.COC(=O)[C@]1(O)C[C@@H](C)[C@@H](C)C([C@H](C)[C@@H](CO)OCc2ccccc2)O1.COC(=O)[C@]1(OC)C[C@@H](C)[C@@H](C)C([C@H](C)[C@@H](CF)OCc2ccccc2)O1.C[C@H]1C([C@H](O)[C@H](O)CF)O[C@](O)(C(=O)O)C[C@H]1O.C[C@H]1C([C@H](O)[C@H](O)CO)O[C@](O)(C(=O)O)C[C@H]1O. The maximum atomic E-state index is 13.8. The first-order valence-electron chi connectivity index (χ1n) is 35.7. The first-order chi connectivity index (χ1) is 50.4. The average Bonchev–Trinajstić information content (AvgIpc) is 0.803. The third-order valence-electron chi connectivity index (χ3n) is 21.1. The molecule has 622 valence electrons. The molecule has 0 saturated carbocycles. The number of esters is 3. The van der Waals surface area contributed by atoms with Gasteiger partial charge in [0, 0.05) is 68.8 Å². The summed E-state index contributed by atoms with van der Waals surface area (Å²) < 4.78 is 84.1. The number of carbonyl (C=O) groups excluding carboxylic acids is 3. The van der Waals surface area contributed by atoms with Crippen LogP contribution in [0, 0.1) is 53.3 Å². The van der Waals surface area contributed by atoms with Crippen molar-refractivity contribution in [2.75, 3.05) is 55.0 Å². The fourth-order valence-corrected chi connectivity index (χ4v) is 13.3. The largest absolute Gasteiger partial charge is 0.477 e. The Labute approximate surface area is 627 Å². The highest BCUT2D eigenvalue weighted by Crippen LogP contribution is 2.44. The van der Waals surface area contributed by atoms with E-state index in [1.54, 1.807) is 13.8 Å². The van der Waals surface area contributed by atoms with E-state index in [1.165, 1.54) is 35.2 Å². The van der Waals surface area contributed by atoms with Gasteiger partial charge in [0.1, 0.15) is 43.9 Å². The molecule has 5 saturated heterocycles. The minimum Gasteiger partial charge on any atom is -0.477 e. The average molecular weight is 1560 g/mol. The third-order valence-corrected chi connectivity index (χ3v) is 21.1. The summed E-state index contributed by atoms with van der Waals surface area (Å²) in [6.07, 6.45) is -18.9. The van der Waals surface area contributed by atoms with Crippen LogP contribution < -0.4 is 0 Å². The molecule has 0 aliphatic carbocycles. The number of methoxy groups -OCH3 is 4. The molecule has 5 fully saturated rings. The summed E-state index contributed by atoms with van der Waals surface area (Å²) in [5.41, 5.74) is 1.99. The summed E-state index contributed by atoms with van der Waals surface area (Å²) in [6.45, 7) is 16.0. The van der Waals surface area contributed by atoms with Crippen LogP contribution in [-0.2, 0) is 89.3 Å². The second-order valence-electron chi connectivity index (χ2n) is 28.7. The molecule has 0 aromatic heterocycles. The molecule has 5 aliphatic heterocycles. The zero-order chi connectivity index (χ0) is 82.3. The lowest BCUT2D eigenvalue weighted by Crippen LogP contribution is -2.60. The Balaban J connectivity index is 0.000000354. The molecule has 33 nitrogen and oxygen atoms in total. The number of rotatable bonds is 27. The van der Waals surface area contributed by atoms with E-state index < -0.39 is 207 Å². The van der Waals surface area contributed by atoms with Crippen molar-refractivity contribution in [3.8, 4) is 0 Å². The molecule has 108 heavy (non-hydrogen) atoms. The second-order valence-corrected chi connectivity index (χ2v) is 28.7. The summed E-state index contributed by atoms with van der Waals surface area (Å²) in [6, 6.07) is 19.4. The number of aliphatic hydroxyl groups excluding tert-OH is 11. The zero-order valence-electron chi connectivity index (χ0n) is 63.6. The quantitative estimate of drug-likeness (QED) is 0.0418. The fourth-order valence-electron chi connectivity index (χ4n) is 13.3. The Morgan fingerprint density at radius 2 is 0.796 bits per heavy atom. The monoisotopic (exact) mass is 1560 g/mol. The van der Waals surface area contributed by atoms with Crippen molar-refractivity contribution in [1.82, 2.24) is 0 Å². The number of alkyl halides is 2. The van der Waals surface area contributed by atoms with E-state index in [0.29, 0.717) is 19.6 Å². The highest BCUT2D eigenvalue weighted by atomic mass is 19.1. The van der Waals surface area contributed by atoms with E-state index in [0.717, 1.165) is 18.2 Å². The first kappa shape index (κ1) is 96.9. The number of carboxylic acid groups (broad SMARTS) is 2. The minimum atomic E-state index is -2.66. The molecule has 0 spiro atoms. The van der Waals surface area contributed by atoms with Gasteiger partial charge in [-0.25, -0.2) is 32.8 Å². The smallest absolute Gasteiger partial charge is 0.366 e. The lowest BCUT2D eigenvalue weighted by molar-refractivity contribution is -0.302. The van der Waals surface area contributed by atoms with Gasteiger partial charge in [-0.2, -0.15) is 0 Å². The number of benzene rings is 2. The van der Waals surface area contributed by atoms with Crippen LogP contribution >= 0.6 is 0 Å². The molecule has 0 amide bonds. The van der Waals surface area contributed by atoms with Crippen LogP contribution in [0.5, 0.6) is 0 Å². The fraction of sp³-hybridized carbons (Fsp3) is 0.767. The van der Waals surface area contributed by atoms with E-state index in [2.05, 4.69) is 11.7 Å². The molecule has 35 heteroatoms. The molecule has 5 aliphatic rings. The van der Waals surface area contributed by atoms with Gasteiger partial charge in [-0.1, -0.05) is 130 Å². The van der Waals surface area contributed by atoms with Crippen molar-refractivity contribution in [2.24, 2.45) is 53.3 Å². The predicted octanol–water partition coefficient (Wildman–Crippen LogP) is 0.139. The van der Waals surface area contributed by atoms with Crippen molar-refractivity contribution >= 4 is 29.8 Å². The maximum Gasteiger partial charge on any atom is 0.366 e. The van der Waals surface area contributed by atoms with Crippen LogP contribution in [0.1, 0.15) is 119 Å². The normalized spacial score (nSPS) is 35.3. The highest BCUT2D eigenvalue weighted by molar-refractivity contribution is 5.79. The number of aliphatic carboxylic acids is 2. The van der Waals surface area contributed by atoms with Gasteiger partial charge < -0.3 is 139 Å². The van der Waals surface area contributed by atoms with Crippen LogP contribution in [0.4, 0.5) is 8.78 Å². The van der Waals surface area contributed by atoms with E-state index in [9.17, 15) is 104 Å².